The van der Waals surface area contributed by atoms with E-state index in [9.17, 15) is 9.50 Å². The minimum atomic E-state index is -1.03. The number of aryl methyl sites for hydroxylation is 1. The second-order valence-electron chi connectivity index (χ2n) is 6.89. The molecule has 5 heteroatoms. The van der Waals surface area contributed by atoms with Crippen molar-refractivity contribution >= 4 is 0 Å². The molecular weight excluding hydrogens is 297 g/mol. The number of hydrogen-bond acceptors (Lipinski definition) is 4. The molecule has 0 aromatic heterocycles. The standard InChI is InChI=1S/C18H26FNO3/c1-14-10-16(6-7-17(14)19)23-13-18(21)11-20(8-9-22-12-18)15-4-2-3-5-15/h6-7,10,15,21H,2-5,8-9,11-13H2,1H3/t18-/m0/s1. The van der Waals surface area contributed by atoms with Gasteiger partial charge < -0.3 is 14.6 Å². The summed E-state index contributed by atoms with van der Waals surface area (Å²) in [4.78, 5) is 2.35. The molecule has 1 heterocycles. The van der Waals surface area contributed by atoms with E-state index in [0.29, 0.717) is 30.5 Å². The maximum atomic E-state index is 13.3. The van der Waals surface area contributed by atoms with Crippen LogP contribution in [0.2, 0.25) is 0 Å². The van der Waals surface area contributed by atoms with Crippen LogP contribution in [0.15, 0.2) is 18.2 Å². The molecule has 128 valence electrons. The van der Waals surface area contributed by atoms with Crippen molar-refractivity contribution in [1.29, 1.82) is 0 Å². The second kappa shape index (κ2) is 7.16. The van der Waals surface area contributed by atoms with Crippen LogP contribution in [0.4, 0.5) is 4.39 Å². The summed E-state index contributed by atoms with van der Waals surface area (Å²) < 4.78 is 24.6. The van der Waals surface area contributed by atoms with Gasteiger partial charge in [0.15, 0.2) is 0 Å². The van der Waals surface area contributed by atoms with Crippen LogP contribution in [0.5, 0.6) is 5.75 Å². The Kier molecular flexibility index (Phi) is 5.19. The highest BCUT2D eigenvalue weighted by molar-refractivity contribution is 5.28. The lowest BCUT2D eigenvalue weighted by Crippen LogP contribution is -2.51. The van der Waals surface area contributed by atoms with Crippen LogP contribution in [0, 0.1) is 12.7 Å². The van der Waals surface area contributed by atoms with E-state index in [1.54, 1.807) is 19.1 Å². The summed E-state index contributed by atoms with van der Waals surface area (Å²) in [5.74, 6) is 0.329. The maximum Gasteiger partial charge on any atom is 0.134 e. The summed E-state index contributed by atoms with van der Waals surface area (Å²) in [6, 6.07) is 5.20. The van der Waals surface area contributed by atoms with Gasteiger partial charge in [0.2, 0.25) is 0 Å². The van der Waals surface area contributed by atoms with Crippen molar-refractivity contribution in [2.45, 2.75) is 44.2 Å². The van der Waals surface area contributed by atoms with Crippen LogP contribution in [0.1, 0.15) is 31.2 Å². The van der Waals surface area contributed by atoms with Crippen molar-refractivity contribution in [2.75, 3.05) is 32.9 Å². The Morgan fingerprint density at radius 3 is 2.91 bits per heavy atom. The monoisotopic (exact) mass is 323 g/mol. The Morgan fingerprint density at radius 2 is 2.17 bits per heavy atom. The first-order valence-electron chi connectivity index (χ1n) is 8.49. The second-order valence-corrected chi connectivity index (χ2v) is 6.89. The van der Waals surface area contributed by atoms with Gasteiger partial charge in [-0.05, 0) is 43.5 Å². The first-order valence-corrected chi connectivity index (χ1v) is 8.49. The lowest BCUT2D eigenvalue weighted by Gasteiger charge is -2.34. The molecular formula is C18H26FNO3. The van der Waals surface area contributed by atoms with Gasteiger partial charge in [-0.2, -0.15) is 0 Å². The number of nitrogens with zero attached hydrogens (tertiary/aromatic N) is 1. The Labute approximate surface area is 137 Å². The lowest BCUT2D eigenvalue weighted by atomic mass is 10.0. The quantitative estimate of drug-likeness (QED) is 0.924. The molecule has 2 fully saturated rings. The van der Waals surface area contributed by atoms with Gasteiger partial charge in [0, 0.05) is 19.1 Å². The number of hydrogen-bond donors (Lipinski definition) is 1. The Morgan fingerprint density at radius 1 is 1.39 bits per heavy atom. The average molecular weight is 323 g/mol. The van der Waals surface area contributed by atoms with Crippen molar-refractivity contribution in [1.82, 2.24) is 4.90 Å². The molecule has 0 bridgehead atoms. The largest absolute Gasteiger partial charge is 0.490 e. The summed E-state index contributed by atoms with van der Waals surface area (Å²) in [5, 5.41) is 10.9. The average Bonchev–Trinajstić information content (AvgIpc) is 2.99. The number of β-amino-alcohol motifs (C(OH)–C–C–N with tert-alkyl or cyclic N) is 1. The first kappa shape index (κ1) is 16.7. The van der Waals surface area contributed by atoms with E-state index < -0.39 is 5.60 Å². The van der Waals surface area contributed by atoms with Gasteiger partial charge in [0.05, 0.1) is 13.2 Å². The van der Waals surface area contributed by atoms with Gasteiger partial charge >= 0.3 is 0 Å². The Hall–Kier alpha value is -1.17. The lowest BCUT2D eigenvalue weighted by molar-refractivity contribution is -0.0669. The van der Waals surface area contributed by atoms with Crippen molar-refractivity contribution in [3.05, 3.63) is 29.6 Å². The van der Waals surface area contributed by atoms with Crippen molar-refractivity contribution in [3.8, 4) is 5.75 Å². The summed E-state index contributed by atoms with van der Waals surface area (Å²) in [7, 11) is 0. The minimum Gasteiger partial charge on any atom is -0.490 e. The van der Waals surface area contributed by atoms with Crippen LogP contribution in [-0.2, 0) is 4.74 Å². The fourth-order valence-electron chi connectivity index (χ4n) is 3.54. The predicted octanol–water partition coefficient (Wildman–Crippen LogP) is 2.52. The van der Waals surface area contributed by atoms with Gasteiger partial charge in [-0.25, -0.2) is 4.39 Å². The minimum absolute atomic E-state index is 0.154. The number of aliphatic hydroxyl groups is 1. The van der Waals surface area contributed by atoms with Crippen molar-refractivity contribution in [3.63, 3.8) is 0 Å². The van der Waals surface area contributed by atoms with E-state index in [1.807, 2.05) is 0 Å². The third-order valence-corrected chi connectivity index (χ3v) is 4.87. The van der Waals surface area contributed by atoms with E-state index in [2.05, 4.69) is 4.90 Å². The molecule has 0 unspecified atom stereocenters. The summed E-state index contributed by atoms with van der Waals surface area (Å²) in [5.41, 5.74) is -0.485. The molecule has 23 heavy (non-hydrogen) atoms. The van der Waals surface area contributed by atoms with Crippen LogP contribution in [-0.4, -0.2) is 54.6 Å². The van der Waals surface area contributed by atoms with Crippen molar-refractivity contribution in [2.24, 2.45) is 0 Å². The molecule has 1 saturated carbocycles. The van der Waals surface area contributed by atoms with Crippen LogP contribution >= 0.6 is 0 Å². The molecule has 1 aliphatic heterocycles. The van der Waals surface area contributed by atoms with Crippen LogP contribution in [0.3, 0.4) is 0 Å². The molecule has 0 amide bonds. The molecule has 1 N–H and O–H groups in total. The van der Waals surface area contributed by atoms with Crippen LogP contribution in [0.25, 0.3) is 0 Å². The Balaban J connectivity index is 1.62. The molecule has 3 rings (SSSR count). The number of halogens is 1. The molecule has 0 spiro atoms. The highest BCUT2D eigenvalue weighted by atomic mass is 19.1. The maximum absolute atomic E-state index is 13.3. The normalized spacial score (nSPS) is 27.1. The fourth-order valence-corrected chi connectivity index (χ4v) is 3.54. The van der Waals surface area contributed by atoms with Gasteiger partial charge in [-0.3, -0.25) is 4.90 Å². The summed E-state index contributed by atoms with van der Waals surface area (Å²) in [6.07, 6.45) is 4.94. The van der Waals surface area contributed by atoms with E-state index >= 15 is 0 Å². The van der Waals surface area contributed by atoms with Crippen molar-refractivity contribution < 1.29 is 19.0 Å². The zero-order chi connectivity index (χ0) is 16.3. The molecule has 1 atom stereocenters. The van der Waals surface area contributed by atoms with E-state index in [1.165, 1.54) is 31.7 Å². The molecule has 1 aromatic carbocycles. The molecule has 4 nitrogen and oxygen atoms in total. The molecule has 0 radical (unpaired) electrons. The predicted molar refractivity (Wildman–Crippen MR) is 86.2 cm³/mol. The zero-order valence-electron chi connectivity index (χ0n) is 13.8. The molecule has 2 aliphatic rings. The fraction of sp³-hybridized carbons (Fsp3) is 0.667. The third-order valence-electron chi connectivity index (χ3n) is 4.87. The summed E-state index contributed by atoms with van der Waals surface area (Å²) >= 11 is 0. The Bertz CT molecular complexity index is 533. The molecule has 1 aromatic rings. The van der Waals surface area contributed by atoms with Gasteiger partial charge in [0.25, 0.3) is 0 Å². The highest BCUT2D eigenvalue weighted by Crippen LogP contribution is 2.26. The topological polar surface area (TPSA) is 41.9 Å². The van der Waals surface area contributed by atoms with Gasteiger partial charge in [-0.1, -0.05) is 12.8 Å². The SMILES string of the molecule is Cc1cc(OC[C@@]2(O)COCCN(C3CCCC3)C2)ccc1F. The van der Waals surface area contributed by atoms with Crippen LogP contribution < -0.4 is 4.74 Å². The highest BCUT2D eigenvalue weighted by Gasteiger charge is 2.36. The number of rotatable bonds is 4. The number of ether oxygens (including phenoxy) is 2. The first-order chi connectivity index (χ1) is 11.1. The number of benzene rings is 1. The summed E-state index contributed by atoms with van der Waals surface area (Å²) in [6.45, 7) is 4.21. The van der Waals surface area contributed by atoms with E-state index in [4.69, 9.17) is 9.47 Å². The van der Waals surface area contributed by atoms with E-state index in [0.717, 1.165) is 6.54 Å². The van der Waals surface area contributed by atoms with Gasteiger partial charge in [0.1, 0.15) is 23.8 Å². The molecule has 1 saturated heterocycles. The zero-order valence-corrected chi connectivity index (χ0v) is 13.8. The smallest absolute Gasteiger partial charge is 0.134 e. The third kappa shape index (κ3) is 4.22. The van der Waals surface area contributed by atoms with E-state index in [-0.39, 0.29) is 19.0 Å². The molecule has 1 aliphatic carbocycles. The van der Waals surface area contributed by atoms with Gasteiger partial charge in [-0.15, -0.1) is 0 Å².